The van der Waals surface area contributed by atoms with Crippen molar-refractivity contribution in [1.29, 1.82) is 0 Å². The highest BCUT2D eigenvalue weighted by molar-refractivity contribution is 4.93. The van der Waals surface area contributed by atoms with Crippen LogP contribution in [0.4, 0.5) is 0 Å². The van der Waals surface area contributed by atoms with Crippen LogP contribution >= 0.6 is 0 Å². The number of rotatable bonds is 4. The lowest BCUT2D eigenvalue weighted by molar-refractivity contribution is 0.158. The first kappa shape index (κ1) is 8.79. The molecule has 0 aromatic heterocycles. The third kappa shape index (κ3) is 2.66. The maximum Gasteiger partial charge on any atom is 0.0159 e. The molecule has 0 amide bonds. The van der Waals surface area contributed by atoms with Gasteiger partial charge in [-0.3, -0.25) is 0 Å². The minimum Gasteiger partial charge on any atom is -0.312 e. The zero-order valence-electron chi connectivity index (χ0n) is 7.74. The Morgan fingerprint density at radius 3 is 2.55 bits per heavy atom. The minimum atomic E-state index is 0.607. The highest BCUT2D eigenvalue weighted by atomic mass is 14.9. The molecule has 11 heavy (non-hydrogen) atoms. The van der Waals surface area contributed by atoms with E-state index in [1.54, 1.807) is 0 Å². The lowest BCUT2D eigenvalue weighted by atomic mass is 9.70. The summed E-state index contributed by atoms with van der Waals surface area (Å²) in [5.41, 5.74) is 1.84. The average molecular weight is 153 g/mol. The van der Waals surface area contributed by atoms with E-state index in [-0.39, 0.29) is 0 Å². The van der Waals surface area contributed by atoms with Crippen LogP contribution in [0, 0.1) is 5.41 Å². The van der Waals surface area contributed by atoms with E-state index in [1.165, 1.54) is 31.4 Å². The monoisotopic (exact) mass is 153 g/mol. The van der Waals surface area contributed by atoms with Gasteiger partial charge in [-0.25, -0.2) is 0 Å². The van der Waals surface area contributed by atoms with Crippen molar-refractivity contribution in [1.82, 2.24) is 5.32 Å². The summed E-state index contributed by atoms with van der Waals surface area (Å²) in [6, 6.07) is 0. The summed E-state index contributed by atoms with van der Waals surface area (Å²) in [6.07, 6.45) is 4.22. The smallest absolute Gasteiger partial charge is 0.0159 e. The van der Waals surface area contributed by atoms with Crippen LogP contribution in [0.2, 0.25) is 0 Å². The molecule has 0 heterocycles. The molecular weight excluding hydrogens is 134 g/mol. The Kier molecular flexibility index (Phi) is 2.72. The van der Waals surface area contributed by atoms with Crippen molar-refractivity contribution in [3.8, 4) is 0 Å². The fourth-order valence-corrected chi connectivity index (χ4v) is 1.53. The summed E-state index contributed by atoms with van der Waals surface area (Å²) >= 11 is 0. The van der Waals surface area contributed by atoms with E-state index in [2.05, 4.69) is 25.7 Å². The van der Waals surface area contributed by atoms with Crippen LogP contribution in [-0.2, 0) is 0 Å². The summed E-state index contributed by atoms with van der Waals surface area (Å²) in [6.45, 7) is 10.4. The maximum absolute atomic E-state index is 3.86. The van der Waals surface area contributed by atoms with Gasteiger partial charge in [0.1, 0.15) is 0 Å². The molecule has 0 aromatic carbocycles. The minimum absolute atomic E-state index is 0.607. The molecule has 0 bridgehead atoms. The summed E-state index contributed by atoms with van der Waals surface area (Å²) in [5.74, 6) is 0. The highest BCUT2D eigenvalue weighted by Gasteiger charge is 2.30. The van der Waals surface area contributed by atoms with Crippen molar-refractivity contribution < 1.29 is 0 Å². The maximum atomic E-state index is 3.86. The first-order valence-electron chi connectivity index (χ1n) is 4.47. The molecule has 1 aliphatic carbocycles. The van der Waals surface area contributed by atoms with Gasteiger partial charge in [-0.2, -0.15) is 0 Å². The van der Waals surface area contributed by atoms with Gasteiger partial charge in [0, 0.05) is 13.1 Å². The van der Waals surface area contributed by atoms with E-state index in [1.807, 2.05) is 0 Å². The Labute approximate surface area is 69.9 Å². The number of nitrogens with one attached hydrogen (secondary N) is 1. The summed E-state index contributed by atoms with van der Waals surface area (Å²) in [4.78, 5) is 0. The van der Waals surface area contributed by atoms with Gasteiger partial charge in [0.15, 0.2) is 0 Å². The molecule has 0 atom stereocenters. The predicted molar refractivity (Wildman–Crippen MR) is 49.6 cm³/mol. The molecule has 0 spiro atoms. The van der Waals surface area contributed by atoms with E-state index in [0.29, 0.717) is 5.41 Å². The van der Waals surface area contributed by atoms with Crippen LogP contribution in [0.1, 0.15) is 33.1 Å². The van der Waals surface area contributed by atoms with E-state index >= 15 is 0 Å². The number of hydrogen-bond donors (Lipinski definition) is 1. The van der Waals surface area contributed by atoms with Gasteiger partial charge in [-0.05, 0) is 25.2 Å². The lowest BCUT2D eigenvalue weighted by Gasteiger charge is -2.38. The molecule has 1 fully saturated rings. The van der Waals surface area contributed by atoms with Gasteiger partial charge in [0.05, 0.1) is 0 Å². The van der Waals surface area contributed by atoms with Crippen molar-refractivity contribution in [2.24, 2.45) is 5.41 Å². The summed E-state index contributed by atoms with van der Waals surface area (Å²) in [7, 11) is 0. The van der Waals surface area contributed by atoms with E-state index in [0.717, 1.165) is 6.54 Å². The molecule has 0 aliphatic heterocycles. The molecule has 1 nitrogen and oxygen atoms in total. The van der Waals surface area contributed by atoms with Gasteiger partial charge >= 0.3 is 0 Å². The van der Waals surface area contributed by atoms with Crippen molar-refractivity contribution in [2.45, 2.75) is 33.1 Å². The van der Waals surface area contributed by atoms with Crippen molar-refractivity contribution >= 4 is 0 Å². The zero-order chi connectivity index (χ0) is 8.32. The SMILES string of the molecule is C=C(C)CNCC1(C)CCC1. The molecule has 0 radical (unpaired) electrons. The molecule has 64 valence electrons. The van der Waals surface area contributed by atoms with Crippen LogP contribution in [0.15, 0.2) is 12.2 Å². The van der Waals surface area contributed by atoms with E-state index in [9.17, 15) is 0 Å². The normalized spacial score (nSPS) is 20.9. The summed E-state index contributed by atoms with van der Waals surface area (Å²) in [5, 5.41) is 3.43. The van der Waals surface area contributed by atoms with Gasteiger partial charge in [0.25, 0.3) is 0 Å². The average Bonchev–Trinajstić information content (AvgIpc) is 1.83. The van der Waals surface area contributed by atoms with Gasteiger partial charge in [0.2, 0.25) is 0 Å². The first-order valence-corrected chi connectivity index (χ1v) is 4.47. The first-order chi connectivity index (χ1) is 5.12. The third-order valence-electron chi connectivity index (χ3n) is 2.54. The van der Waals surface area contributed by atoms with Crippen LogP contribution in [0.3, 0.4) is 0 Å². The molecule has 1 N–H and O–H groups in total. The molecule has 0 saturated heterocycles. The standard InChI is InChI=1S/C10H19N/c1-9(2)7-11-8-10(3)5-4-6-10/h11H,1,4-8H2,2-3H3. The molecule has 0 aromatic rings. The van der Waals surface area contributed by atoms with Crippen molar-refractivity contribution in [3.63, 3.8) is 0 Å². The van der Waals surface area contributed by atoms with Crippen LogP contribution < -0.4 is 5.32 Å². The Morgan fingerprint density at radius 2 is 2.18 bits per heavy atom. The van der Waals surface area contributed by atoms with E-state index < -0.39 is 0 Å². The predicted octanol–water partition coefficient (Wildman–Crippen LogP) is 2.34. The topological polar surface area (TPSA) is 12.0 Å². The van der Waals surface area contributed by atoms with E-state index in [4.69, 9.17) is 0 Å². The van der Waals surface area contributed by atoms with Gasteiger partial charge in [-0.15, -0.1) is 0 Å². The van der Waals surface area contributed by atoms with Gasteiger partial charge < -0.3 is 5.32 Å². The molecule has 1 rings (SSSR count). The second kappa shape index (κ2) is 3.40. The second-order valence-electron chi connectivity index (χ2n) is 4.22. The van der Waals surface area contributed by atoms with Crippen molar-refractivity contribution in [2.75, 3.05) is 13.1 Å². The Morgan fingerprint density at radius 1 is 1.55 bits per heavy atom. The Balaban J connectivity index is 2.07. The lowest BCUT2D eigenvalue weighted by Crippen LogP contribution is -2.37. The fraction of sp³-hybridized carbons (Fsp3) is 0.800. The van der Waals surface area contributed by atoms with Crippen LogP contribution in [0.25, 0.3) is 0 Å². The fourth-order valence-electron chi connectivity index (χ4n) is 1.53. The molecule has 1 saturated carbocycles. The van der Waals surface area contributed by atoms with Crippen LogP contribution in [-0.4, -0.2) is 13.1 Å². The van der Waals surface area contributed by atoms with Crippen LogP contribution in [0.5, 0.6) is 0 Å². The molecule has 1 heteroatoms. The zero-order valence-corrected chi connectivity index (χ0v) is 7.74. The molecular formula is C10H19N. The molecule has 1 aliphatic rings. The highest BCUT2D eigenvalue weighted by Crippen LogP contribution is 2.39. The largest absolute Gasteiger partial charge is 0.312 e. The van der Waals surface area contributed by atoms with Gasteiger partial charge in [-0.1, -0.05) is 25.5 Å². The Hall–Kier alpha value is -0.300. The quantitative estimate of drug-likeness (QED) is 0.611. The Bertz CT molecular complexity index is 145. The molecule has 0 unspecified atom stereocenters. The third-order valence-corrected chi connectivity index (χ3v) is 2.54. The number of hydrogen-bond acceptors (Lipinski definition) is 1. The second-order valence-corrected chi connectivity index (χ2v) is 4.22. The summed E-state index contributed by atoms with van der Waals surface area (Å²) < 4.78 is 0. The van der Waals surface area contributed by atoms with Crippen molar-refractivity contribution in [3.05, 3.63) is 12.2 Å².